The van der Waals surface area contributed by atoms with Gasteiger partial charge in [-0.3, -0.25) is 9.69 Å². The van der Waals surface area contributed by atoms with E-state index in [-0.39, 0.29) is 5.56 Å². The molecule has 2 N–H and O–H groups in total. The third-order valence-corrected chi connectivity index (χ3v) is 6.45. The van der Waals surface area contributed by atoms with Crippen LogP contribution in [-0.4, -0.2) is 47.1 Å². The molecular weight excluding hydrogens is 374 g/mol. The first kappa shape index (κ1) is 19.1. The molecule has 2 aliphatic rings. The van der Waals surface area contributed by atoms with Gasteiger partial charge in [0.25, 0.3) is 5.56 Å². The van der Waals surface area contributed by atoms with E-state index in [0.717, 1.165) is 73.5 Å². The van der Waals surface area contributed by atoms with Crippen molar-refractivity contribution in [3.8, 4) is 0 Å². The lowest BCUT2D eigenvalue weighted by molar-refractivity contribution is 0.180. The fourth-order valence-electron chi connectivity index (χ4n) is 4.72. The average Bonchev–Trinajstić information content (AvgIpc) is 2.76. The number of hydrogen-bond donors (Lipinski definition) is 2. The van der Waals surface area contributed by atoms with Crippen LogP contribution in [0.3, 0.4) is 0 Å². The summed E-state index contributed by atoms with van der Waals surface area (Å²) in [5.74, 6) is 1.06. The zero-order chi connectivity index (χ0) is 20.7. The molecule has 156 valence electrons. The molecule has 3 aromatic rings. The van der Waals surface area contributed by atoms with Gasteiger partial charge >= 0.3 is 0 Å². The lowest BCUT2D eigenvalue weighted by Crippen LogP contribution is -2.51. The van der Waals surface area contributed by atoms with Gasteiger partial charge in [-0.25, -0.2) is 4.98 Å². The maximum absolute atomic E-state index is 12.5. The van der Waals surface area contributed by atoms with E-state index < -0.39 is 0 Å². The molecule has 1 aromatic carbocycles. The number of H-pyrrole nitrogens is 1. The number of aryl methyl sites for hydroxylation is 1. The van der Waals surface area contributed by atoms with Crippen LogP contribution >= 0.6 is 0 Å². The molecule has 0 amide bonds. The second kappa shape index (κ2) is 7.76. The van der Waals surface area contributed by atoms with Gasteiger partial charge in [-0.15, -0.1) is 0 Å². The standard InChI is InChI=1S/C24H29N5O/c1-16-5-8-22(26-13-16)29-11-10-28(17(2)14-29)15-18-6-7-19-21(12-18)27-24(30)20-4-3-9-25-23(19)20/h5-8,12-13,17,25H,3-4,9-11,14-15H2,1-2H3,(H,27,30). The predicted molar refractivity (Wildman–Crippen MR) is 122 cm³/mol. The van der Waals surface area contributed by atoms with Crippen LogP contribution in [0.25, 0.3) is 10.9 Å². The van der Waals surface area contributed by atoms with Gasteiger partial charge in [-0.05, 0) is 49.9 Å². The van der Waals surface area contributed by atoms with Crippen molar-refractivity contribution in [1.82, 2.24) is 14.9 Å². The Kier molecular flexibility index (Phi) is 4.95. The second-order valence-electron chi connectivity index (χ2n) is 8.68. The van der Waals surface area contributed by atoms with Crippen LogP contribution in [0.15, 0.2) is 41.3 Å². The highest BCUT2D eigenvalue weighted by atomic mass is 16.1. The zero-order valence-electron chi connectivity index (χ0n) is 17.7. The minimum absolute atomic E-state index is 0.0504. The Morgan fingerprint density at radius 2 is 2.10 bits per heavy atom. The van der Waals surface area contributed by atoms with Crippen molar-refractivity contribution in [2.75, 3.05) is 36.4 Å². The number of anilines is 2. The van der Waals surface area contributed by atoms with Crippen molar-refractivity contribution >= 4 is 22.4 Å². The van der Waals surface area contributed by atoms with Crippen LogP contribution in [0.2, 0.25) is 0 Å². The molecule has 1 atom stereocenters. The minimum Gasteiger partial charge on any atom is -0.384 e. The highest BCUT2D eigenvalue weighted by Gasteiger charge is 2.25. The summed E-state index contributed by atoms with van der Waals surface area (Å²) in [6, 6.07) is 11.2. The maximum Gasteiger partial charge on any atom is 0.253 e. The molecule has 4 heterocycles. The molecule has 0 aliphatic carbocycles. The normalized spacial score (nSPS) is 19.5. The molecule has 1 saturated heterocycles. The first-order valence-electron chi connectivity index (χ1n) is 10.9. The molecule has 1 unspecified atom stereocenters. The number of nitrogens with zero attached hydrogens (tertiary/aromatic N) is 3. The van der Waals surface area contributed by atoms with Crippen LogP contribution in [-0.2, 0) is 13.0 Å². The third kappa shape index (κ3) is 3.56. The summed E-state index contributed by atoms with van der Waals surface area (Å²) in [4.78, 5) is 25.1. The van der Waals surface area contributed by atoms with E-state index in [4.69, 9.17) is 0 Å². The number of hydrogen-bond acceptors (Lipinski definition) is 5. The fourth-order valence-corrected chi connectivity index (χ4v) is 4.72. The van der Waals surface area contributed by atoms with E-state index in [1.165, 1.54) is 11.1 Å². The first-order chi connectivity index (χ1) is 14.6. The molecule has 0 saturated carbocycles. The van der Waals surface area contributed by atoms with Crippen LogP contribution in [0.1, 0.15) is 30.0 Å². The lowest BCUT2D eigenvalue weighted by Gasteiger charge is -2.40. The maximum atomic E-state index is 12.5. The van der Waals surface area contributed by atoms with Gasteiger partial charge in [0.15, 0.2) is 0 Å². The molecule has 2 aliphatic heterocycles. The van der Waals surface area contributed by atoms with E-state index in [9.17, 15) is 4.79 Å². The van der Waals surface area contributed by atoms with E-state index in [1.807, 2.05) is 6.20 Å². The summed E-state index contributed by atoms with van der Waals surface area (Å²) >= 11 is 0. The van der Waals surface area contributed by atoms with E-state index in [0.29, 0.717) is 6.04 Å². The molecule has 6 heteroatoms. The van der Waals surface area contributed by atoms with Gasteiger partial charge in [-0.2, -0.15) is 0 Å². The van der Waals surface area contributed by atoms with E-state index in [2.05, 4.69) is 69.3 Å². The molecule has 6 nitrogen and oxygen atoms in total. The lowest BCUT2D eigenvalue weighted by atomic mass is 10.0. The second-order valence-corrected chi connectivity index (χ2v) is 8.68. The van der Waals surface area contributed by atoms with Gasteiger partial charge in [0.1, 0.15) is 5.82 Å². The Labute approximate surface area is 176 Å². The average molecular weight is 404 g/mol. The summed E-state index contributed by atoms with van der Waals surface area (Å²) in [7, 11) is 0. The number of benzene rings is 1. The molecular formula is C24H29N5O. The minimum atomic E-state index is 0.0504. The SMILES string of the molecule is Cc1ccc(N2CCN(Cc3ccc4c5c(c(=O)[nH]c4c3)CCCN5)C(C)C2)nc1. The third-order valence-electron chi connectivity index (χ3n) is 6.45. The van der Waals surface area contributed by atoms with Gasteiger partial charge in [0.05, 0.1) is 11.2 Å². The van der Waals surface area contributed by atoms with Crippen molar-refractivity contribution in [1.29, 1.82) is 0 Å². The van der Waals surface area contributed by atoms with Crippen LogP contribution in [0.5, 0.6) is 0 Å². The quantitative estimate of drug-likeness (QED) is 0.703. The molecule has 30 heavy (non-hydrogen) atoms. The van der Waals surface area contributed by atoms with Crippen LogP contribution in [0, 0.1) is 6.92 Å². The van der Waals surface area contributed by atoms with Crippen molar-refractivity contribution < 1.29 is 0 Å². The van der Waals surface area contributed by atoms with E-state index in [1.54, 1.807) is 0 Å². The van der Waals surface area contributed by atoms with E-state index >= 15 is 0 Å². The number of nitrogens with one attached hydrogen (secondary N) is 2. The topological polar surface area (TPSA) is 64.3 Å². The van der Waals surface area contributed by atoms with Crippen molar-refractivity contribution in [3.05, 3.63) is 63.6 Å². The smallest absolute Gasteiger partial charge is 0.253 e. The molecule has 0 spiro atoms. The highest BCUT2D eigenvalue weighted by molar-refractivity contribution is 5.93. The highest BCUT2D eigenvalue weighted by Crippen LogP contribution is 2.28. The van der Waals surface area contributed by atoms with Gasteiger partial charge in [-0.1, -0.05) is 18.2 Å². The Hall–Kier alpha value is -2.86. The zero-order valence-corrected chi connectivity index (χ0v) is 17.7. The summed E-state index contributed by atoms with van der Waals surface area (Å²) in [5, 5.41) is 4.56. The number of aromatic nitrogens is 2. The Morgan fingerprint density at radius 1 is 1.20 bits per heavy atom. The van der Waals surface area contributed by atoms with Crippen molar-refractivity contribution in [3.63, 3.8) is 0 Å². The van der Waals surface area contributed by atoms with Crippen LogP contribution in [0.4, 0.5) is 11.5 Å². The molecule has 0 bridgehead atoms. The van der Waals surface area contributed by atoms with Gasteiger partial charge < -0.3 is 15.2 Å². The summed E-state index contributed by atoms with van der Waals surface area (Å²) in [6.45, 7) is 9.12. The number of piperazine rings is 1. The van der Waals surface area contributed by atoms with Crippen LogP contribution < -0.4 is 15.8 Å². The Morgan fingerprint density at radius 3 is 2.90 bits per heavy atom. The van der Waals surface area contributed by atoms with Gasteiger partial charge in [0.2, 0.25) is 0 Å². The van der Waals surface area contributed by atoms with Crippen molar-refractivity contribution in [2.45, 2.75) is 39.3 Å². The number of aromatic amines is 1. The number of pyridine rings is 2. The largest absolute Gasteiger partial charge is 0.384 e. The van der Waals surface area contributed by atoms with Gasteiger partial charge in [0, 0.05) is 55.9 Å². The predicted octanol–water partition coefficient (Wildman–Crippen LogP) is 3.30. The number of rotatable bonds is 3. The molecule has 5 rings (SSSR count). The Bertz CT molecular complexity index is 1120. The molecule has 0 radical (unpaired) electrons. The fraction of sp³-hybridized carbons (Fsp3) is 0.417. The molecule has 1 fully saturated rings. The molecule has 2 aromatic heterocycles. The monoisotopic (exact) mass is 403 g/mol. The Balaban J connectivity index is 1.33. The van der Waals surface area contributed by atoms with Crippen molar-refractivity contribution in [2.24, 2.45) is 0 Å². The summed E-state index contributed by atoms with van der Waals surface area (Å²) < 4.78 is 0. The summed E-state index contributed by atoms with van der Waals surface area (Å²) in [6.07, 6.45) is 3.81. The first-order valence-corrected chi connectivity index (χ1v) is 10.9. The number of fused-ring (bicyclic) bond motifs is 3. The summed E-state index contributed by atoms with van der Waals surface area (Å²) in [5.41, 5.74) is 5.34.